The fraction of sp³-hybridized carbons (Fsp3) is 0.111. The third-order valence-corrected chi connectivity index (χ3v) is 2.47. The Kier molecular flexibility index (Phi) is 1.98. The molecule has 0 aliphatic heterocycles. The first kappa shape index (κ1) is 8.19. The van der Waals surface area contributed by atoms with Crippen molar-refractivity contribution >= 4 is 27.5 Å². The second-order valence-electron chi connectivity index (χ2n) is 2.54. The van der Waals surface area contributed by atoms with E-state index in [-0.39, 0.29) is 5.97 Å². The number of esters is 1. The van der Waals surface area contributed by atoms with E-state index in [9.17, 15) is 4.79 Å². The van der Waals surface area contributed by atoms with Crippen molar-refractivity contribution in [2.45, 2.75) is 6.92 Å². The average Bonchev–Trinajstić information content (AvgIpc) is 2.48. The molecular formula is C9H7NO2S. The van der Waals surface area contributed by atoms with E-state index in [1.807, 2.05) is 12.1 Å². The Morgan fingerprint density at radius 2 is 2.46 bits per heavy atom. The molecule has 2 rings (SSSR count). The summed E-state index contributed by atoms with van der Waals surface area (Å²) in [7, 11) is 0. The molecule has 0 aliphatic rings. The molecule has 0 aromatic carbocycles. The lowest BCUT2D eigenvalue weighted by Crippen LogP contribution is -2.00. The largest absolute Gasteiger partial charge is 0.423 e. The average molecular weight is 193 g/mol. The predicted octanol–water partition coefficient (Wildman–Crippen LogP) is 2.22. The summed E-state index contributed by atoms with van der Waals surface area (Å²) in [5.41, 5.74) is 0.753. The van der Waals surface area contributed by atoms with Gasteiger partial charge in [0.1, 0.15) is 5.52 Å². The van der Waals surface area contributed by atoms with Crippen LogP contribution in [0.4, 0.5) is 0 Å². The van der Waals surface area contributed by atoms with Gasteiger partial charge in [0.05, 0.1) is 4.70 Å². The van der Waals surface area contributed by atoms with E-state index in [1.54, 1.807) is 11.6 Å². The summed E-state index contributed by atoms with van der Waals surface area (Å²) in [6.07, 6.45) is 1.68. The minimum atomic E-state index is -0.314. The van der Waals surface area contributed by atoms with E-state index in [1.165, 1.54) is 18.3 Å². The topological polar surface area (TPSA) is 39.2 Å². The molecule has 0 amide bonds. The Balaban J connectivity index is 2.51. The summed E-state index contributed by atoms with van der Waals surface area (Å²) in [4.78, 5) is 14.8. The molecule has 3 nitrogen and oxygen atoms in total. The van der Waals surface area contributed by atoms with Crippen LogP contribution in [-0.2, 0) is 4.79 Å². The highest BCUT2D eigenvalue weighted by Gasteiger charge is 2.06. The quantitative estimate of drug-likeness (QED) is 0.652. The van der Waals surface area contributed by atoms with Crippen molar-refractivity contribution in [1.29, 1.82) is 0 Å². The maximum atomic E-state index is 10.7. The fourth-order valence-corrected chi connectivity index (χ4v) is 1.89. The van der Waals surface area contributed by atoms with Gasteiger partial charge < -0.3 is 4.74 Å². The van der Waals surface area contributed by atoms with Crippen LogP contribution in [-0.4, -0.2) is 11.0 Å². The van der Waals surface area contributed by atoms with Gasteiger partial charge in [0, 0.05) is 18.5 Å². The number of pyridine rings is 1. The van der Waals surface area contributed by atoms with Crippen molar-refractivity contribution in [3.05, 3.63) is 23.7 Å². The summed E-state index contributed by atoms with van der Waals surface area (Å²) in [6.45, 7) is 1.38. The van der Waals surface area contributed by atoms with Crippen LogP contribution in [0.3, 0.4) is 0 Å². The molecule has 2 heterocycles. The molecular weight excluding hydrogens is 186 g/mol. The maximum absolute atomic E-state index is 10.7. The molecule has 0 saturated carbocycles. The lowest BCUT2D eigenvalue weighted by atomic mass is 10.4. The zero-order valence-electron chi connectivity index (χ0n) is 6.98. The number of hydrogen-bond donors (Lipinski definition) is 0. The number of fused-ring (bicyclic) bond motifs is 1. The number of thiophene rings is 1. The zero-order valence-corrected chi connectivity index (χ0v) is 7.80. The molecule has 0 N–H and O–H groups in total. The van der Waals surface area contributed by atoms with Crippen LogP contribution in [0.5, 0.6) is 5.75 Å². The van der Waals surface area contributed by atoms with Crippen molar-refractivity contribution < 1.29 is 9.53 Å². The van der Waals surface area contributed by atoms with E-state index >= 15 is 0 Å². The van der Waals surface area contributed by atoms with Crippen molar-refractivity contribution in [3.63, 3.8) is 0 Å². The van der Waals surface area contributed by atoms with Crippen molar-refractivity contribution in [3.8, 4) is 5.75 Å². The third-order valence-electron chi connectivity index (χ3n) is 1.55. The molecule has 2 aromatic rings. The Morgan fingerprint density at radius 1 is 1.62 bits per heavy atom. The number of ether oxygens (including phenoxy) is 1. The summed E-state index contributed by atoms with van der Waals surface area (Å²) < 4.78 is 6.00. The number of hydrogen-bond acceptors (Lipinski definition) is 4. The fourth-order valence-electron chi connectivity index (χ4n) is 1.07. The first-order valence-corrected chi connectivity index (χ1v) is 4.66. The molecule has 0 aliphatic carbocycles. The monoisotopic (exact) mass is 193 g/mol. The smallest absolute Gasteiger partial charge is 0.308 e. The second kappa shape index (κ2) is 3.14. The SMILES string of the molecule is CC(=O)Oc1csc2cccnc12. The Morgan fingerprint density at radius 3 is 3.23 bits per heavy atom. The van der Waals surface area contributed by atoms with Gasteiger partial charge in [-0.1, -0.05) is 0 Å². The number of rotatable bonds is 1. The second-order valence-corrected chi connectivity index (χ2v) is 3.45. The highest BCUT2D eigenvalue weighted by atomic mass is 32.1. The van der Waals surface area contributed by atoms with E-state index in [4.69, 9.17) is 4.74 Å². The Hall–Kier alpha value is -1.42. The van der Waals surface area contributed by atoms with E-state index in [0.29, 0.717) is 5.75 Å². The molecule has 0 atom stereocenters. The van der Waals surface area contributed by atoms with Gasteiger partial charge in [-0.05, 0) is 12.1 Å². The van der Waals surface area contributed by atoms with E-state index < -0.39 is 0 Å². The normalized spacial score (nSPS) is 10.2. The van der Waals surface area contributed by atoms with Gasteiger partial charge in [-0.15, -0.1) is 11.3 Å². The zero-order chi connectivity index (χ0) is 9.26. The van der Waals surface area contributed by atoms with Gasteiger partial charge in [0.25, 0.3) is 0 Å². The van der Waals surface area contributed by atoms with Crippen molar-refractivity contribution in [1.82, 2.24) is 4.98 Å². The van der Waals surface area contributed by atoms with E-state index in [2.05, 4.69) is 4.98 Å². The van der Waals surface area contributed by atoms with Crippen LogP contribution in [0.25, 0.3) is 10.2 Å². The number of carbonyl (C=O) groups excluding carboxylic acids is 1. The summed E-state index contributed by atoms with van der Waals surface area (Å²) in [5, 5.41) is 1.79. The molecule has 0 radical (unpaired) electrons. The molecule has 13 heavy (non-hydrogen) atoms. The van der Waals surface area contributed by atoms with Crippen molar-refractivity contribution in [2.24, 2.45) is 0 Å². The highest BCUT2D eigenvalue weighted by molar-refractivity contribution is 7.17. The predicted molar refractivity (Wildman–Crippen MR) is 50.9 cm³/mol. The van der Waals surface area contributed by atoms with Gasteiger partial charge in [0.2, 0.25) is 0 Å². The third kappa shape index (κ3) is 1.53. The Labute approximate surface area is 79.0 Å². The lowest BCUT2D eigenvalue weighted by molar-refractivity contribution is -0.131. The minimum Gasteiger partial charge on any atom is -0.423 e. The molecule has 4 heteroatoms. The van der Waals surface area contributed by atoms with Crippen LogP contribution in [0.2, 0.25) is 0 Å². The molecule has 0 fully saturated rings. The molecule has 0 saturated heterocycles. The van der Waals surface area contributed by atoms with Crippen molar-refractivity contribution in [2.75, 3.05) is 0 Å². The van der Waals surface area contributed by atoms with Gasteiger partial charge in [-0.25, -0.2) is 0 Å². The van der Waals surface area contributed by atoms with E-state index in [0.717, 1.165) is 10.2 Å². The van der Waals surface area contributed by atoms with Gasteiger partial charge in [0.15, 0.2) is 5.75 Å². The molecule has 2 aromatic heterocycles. The highest BCUT2D eigenvalue weighted by Crippen LogP contribution is 2.29. The molecule has 0 unspecified atom stereocenters. The molecule has 0 spiro atoms. The van der Waals surface area contributed by atoms with Crippen LogP contribution in [0.1, 0.15) is 6.92 Å². The van der Waals surface area contributed by atoms with Crippen LogP contribution in [0.15, 0.2) is 23.7 Å². The molecule has 66 valence electrons. The number of carbonyl (C=O) groups is 1. The lowest BCUT2D eigenvalue weighted by Gasteiger charge is -1.96. The summed E-state index contributed by atoms with van der Waals surface area (Å²) >= 11 is 1.52. The Bertz CT molecular complexity index is 450. The standard InChI is InChI=1S/C9H7NO2S/c1-6(11)12-7-5-13-8-3-2-4-10-9(7)8/h2-5H,1H3. The number of aromatic nitrogens is 1. The minimum absolute atomic E-state index is 0.314. The number of nitrogens with zero attached hydrogens (tertiary/aromatic N) is 1. The first-order valence-electron chi connectivity index (χ1n) is 3.78. The molecule has 0 bridgehead atoms. The van der Waals surface area contributed by atoms with Crippen LogP contribution >= 0.6 is 11.3 Å². The van der Waals surface area contributed by atoms with Gasteiger partial charge in [-0.3, -0.25) is 9.78 Å². The first-order chi connectivity index (χ1) is 6.27. The maximum Gasteiger partial charge on any atom is 0.308 e. The van der Waals surface area contributed by atoms with Gasteiger partial charge >= 0.3 is 5.97 Å². The summed E-state index contributed by atoms with van der Waals surface area (Å²) in [6, 6.07) is 3.80. The van der Waals surface area contributed by atoms with Gasteiger partial charge in [-0.2, -0.15) is 0 Å². The van der Waals surface area contributed by atoms with Crippen LogP contribution in [0, 0.1) is 0 Å². The van der Waals surface area contributed by atoms with Crippen LogP contribution < -0.4 is 4.74 Å². The summed E-state index contributed by atoms with van der Waals surface area (Å²) in [5.74, 6) is 0.235.